The lowest BCUT2D eigenvalue weighted by molar-refractivity contribution is 0.0682. The van der Waals surface area contributed by atoms with Gasteiger partial charge in [-0.25, -0.2) is 22.4 Å². The Morgan fingerprint density at radius 1 is 0.571 bits per heavy atom. The number of hydrogen-bond donors (Lipinski definition) is 5. The van der Waals surface area contributed by atoms with Gasteiger partial charge in [-0.2, -0.15) is 44.6 Å². The lowest BCUT2D eigenvalue weighted by Crippen LogP contribution is -2.26. The van der Waals surface area contributed by atoms with Crippen LogP contribution in [0, 0.1) is 46.5 Å². The Kier molecular flexibility index (Phi) is 24.6. The molecule has 0 fully saturated rings. The van der Waals surface area contributed by atoms with E-state index in [0.29, 0.717) is 12.1 Å². The summed E-state index contributed by atoms with van der Waals surface area (Å²) in [6.45, 7) is 8.56. The lowest BCUT2D eigenvalue weighted by Gasteiger charge is -2.09. The summed E-state index contributed by atoms with van der Waals surface area (Å²) in [6.07, 6.45) is 0. The Morgan fingerprint density at radius 2 is 0.878 bits per heavy atom. The molecule has 4 aromatic rings. The highest BCUT2D eigenvalue weighted by Crippen LogP contribution is 2.29. The summed E-state index contributed by atoms with van der Waals surface area (Å²) in [5.74, 6) is -23.7. The molecule has 0 aliphatic rings. The quantitative estimate of drug-likeness (QED) is 0.104. The van der Waals surface area contributed by atoms with Gasteiger partial charge in [-0.1, -0.05) is 88.4 Å². The maximum Gasteiger partial charge on any atom is 0.341 e. The first-order valence-electron chi connectivity index (χ1n) is 13.6. The highest BCUT2D eigenvalue weighted by atomic mass is 32.1. The molecule has 0 saturated heterocycles. The normalized spacial score (nSPS) is 9.16. The van der Waals surface area contributed by atoms with Gasteiger partial charge in [0.1, 0.15) is 11.1 Å². The van der Waals surface area contributed by atoms with Crippen molar-refractivity contribution >= 4 is 38.9 Å². The fourth-order valence-corrected chi connectivity index (χ4v) is 3.11. The highest BCUT2D eigenvalue weighted by molar-refractivity contribution is 7.59. The lowest BCUT2D eigenvalue weighted by atomic mass is 10.1. The highest BCUT2D eigenvalue weighted by Gasteiger charge is 2.30. The Hall–Kier alpha value is -4.48. The molecule has 0 atom stereocenters. The topological polar surface area (TPSA) is 133 Å². The summed E-state index contributed by atoms with van der Waals surface area (Å²) in [5.41, 5.74) is 3.97. The number of hydrogen-bond acceptors (Lipinski definition) is 5. The number of carboxylic acid groups (broad SMARTS) is 1. The van der Waals surface area contributed by atoms with Crippen LogP contribution in [0.25, 0.3) is 0 Å². The van der Waals surface area contributed by atoms with Gasteiger partial charge in [-0.05, 0) is 11.1 Å². The molecule has 17 heteroatoms. The van der Waals surface area contributed by atoms with E-state index in [1.165, 1.54) is 5.56 Å². The average Bonchev–Trinajstić information content (AvgIpc) is 3.10. The molecule has 0 bridgehead atoms. The number of carboxylic acids is 1. The van der Waals surface area contributed by atoms with Gasteiger partial charge >= 0.3 is 5.97 Å². The van der Waals surface area contributed by atoms with Crippen molar-refractivity contribution in [3.05, 3.63) is 129 Å². The van der Waals surface area contributed by atoms with Crippen LogP contribution >= 0.6 is 27.0 Å². The van der Waals surface area contributed by atoms with Crippen molar-refractivity contribution < 1.29 is 60.0 Å². The van der Waals surface area contributed by atoms with Crippen molar-refractivity contribution in [1.82, 2.24) is 5.32 Å². The summed E-state index contributed by atoms with van der Waals surface area (Å²) >= 11 is 0. The number of carbonyl (C=O) groups is 2. The van der Waals surface area contributed by atoms with E-state index < -0.39 is 81.0 Å². The van der Waals surface area contributed by atoms with Gasteiger partial charge in [0, 0.05) is 13.1 Å². The van der Waals surface area contributed by atoms with Crippen LogP contribution in [0.15, 0.2) is 60.7 Å². The van der Waals surface area contributed by atoms with Gasteiger partial charge in [0.05, 0.1) is 0 Å². The Balaban J connectivity index is -0.000000655. The largest absolute Gasteiger partial charge is 0.503 e. The zero-order valence-corrected chi connectivity index (χ0v) is 28.4. The van der Waals surface area contributed by atoms with Gasteiger partial charge in [0.25, 0.3) is 5.91 Å². The number of phenolic OH excluding ortho intramolecular Hbond substituents is 2. The number of aromatic carboxylic acids is 1. The summed E-state index contributed by atoms with van der Waals surface area (Å²) < 4.78 is 103. The number of aromatic hydroxyl groups is 2. The van der Waals surface area contributed by atoms with Crippen LogP contribution in [-0.4, -0.2) is 27.2 Å². The Labute approximate surface area is 291 Å². The monoisotopic (exact) mass is 744 g/mol. The molecule has 0 unspecified atom stereocenters. The standard InChI is InChI=1S/C14H9F4NO2.C7H2F4O3.C7H9N.2C2H6.2H2S/c15-9-8(10(16)12(18)13(20)11(9)17)14(21)19-6-7-4-2-1-3-5-7;8-2-1(7(13)14)3(9)5(11)6(12)4(2)10;8-6-7-4-2-1-3-5-7;2*1-2;;/h1-5,20H,6H2,(H,19,21);12H,(H,13,14);1-5H,6,8H2;2*1-2H3;2*1H2. The predicted octanol–water partition coefficient (Wildman–Crippen LogP) is 7.95. The van der Waals surface area contributed by atoms with E-state index in [-0.39, 0.29) is 33.5 Å². The second-order valence-corrected chi connectivity index (χ2v) is 8.12. The molecule has 7 nitrogen and oxygen atoms in total. The summed E-state index contributed by atoms with van der Waals surface area (Å²) in [5, 5.41) is 27.6. The fraction of sp³-hybridized carbons (Fsp3) is 0.188. The van der Waals surface area contributed by atoms with Crippen LogP contribution in [0.4, 0.5) is 35.1 Å². The third-order valence-corrected chi connectivity index (χ3v) is 5.30. The summed E-state index contributed by atoms with van der Waals surface area (Å²) in [6, 6.07) is 18.4. The van der Waals surface area contributed by atoms with Gasteiger partial charge in [0.15, 0.2) is 34.8 Å². The van der Waals surface area contributed by atoms with Crippen molar-refractivity contribution in [2.75, 3.05) is 0 Å². The van der Waals surface area contributed by atoms with E-state index in [2.05, 4.69) is 5.32 Å². The van der Waals surface area contributed by atoms with Crippen LogP contribution in [0.1, 0.15) is 59.5 Å². The first-order chi connectivity index (χ1) is 22.2. The molecule has 0 aliphatic carbocycles. The van der Waals surface area contributed by atoms with E-state index in [9.17, 15) is 44.7 Å². The number of phenols is 2. The molecule has 0 spiro atoms. The maximum absolute atomic E-state index is 13.5. The molecule has 0 aliphatic heterocycles. The third kappa shape index (κ3) is 13.5. The van der Waals surface area contributed by atoms with E-state index in [1.54, 1.807) is 30.3 Å². The minimum absolute atomic E-state index is 0. The molecule has 272 valence electrons. The van der Waals surface area contributed by atoms with Crippen molar-refractivity contribution in [1.29, 1.82) is 0 Å². The van der Waals surface area contributed by atoms with E-state index in [1.807, 2.05) is 58.0 Å². The number of nitrogens with one attached hydrogen (secondary N) is 1. The van der Waals surface area contributed by atoms with E-state index >= 15 is 0 Å². The van der Waals surface area contributed by atoms with E-state index in [0.717, 1.165) is 0 Å². The Bertz CT molecular complexity index is 1560. The third-order valence-electron chi connectivity index (χ3n) is 5.30. The molecule has 0 radical (unpaired) electrons. The number of rotatable bonds is 5. The number of nitrogens with two attached hydrogens (primary N) is 1. The molecular formula is C32H36F8N2O5S2. The predicted molar refractivity (Wildman–Crippen MR) is 178 cm³/mol. The second kappa shape index (κ2) is 24.6. The van der Waals surface area contributed by atoms with Gasteiger partial charge < -0.3 is 26.4 Å². The Morgan fingerprint density at radius 3 is 1.16 bits per heavy atom. The van der Waals surface area contributed by atoms with Crippen LogP contribution < -0.4 is 11.1 Å². The van der Waals surface area contributed by atoms with Crippen molar-refractivity contribution in [2.24, 2.45) is 5.73 Å². The molecule has 0 heterocycles. The minimum atomic E-state index is -2.17. The number of carbonyl (C=O) groups excluding carboxylic acids is 1. The van der Waals surface area contributed by atoms with Crippen LogP contribution in [0.3, 0.4) is 0 Å². The van der Waals surface area contributed by atoms with Gasteiger partial charge in [0.2, 0.25) is 23.3 Å². The van der Waals surface area contributed by atoms with E-state index in [4.69, 9.17) is 21.1 Å². The zero-order valence-electron chi connectivity index (χ0n) is 26.4. The molecule has 49 heavy (non-hydrogen) atoms. The molecule has 0 aromatic heterocycles. The molecule has 0 saturated carbocycles. The fourth-order valence-electron chi connectivity index (χ4n) is 3.11. The van der Waals surface area contributed by atoms with Crippen LogP contribution in [0.2, 0.25) is 0 Å². The van der Waals surface area contributed by atoms with Crippen molar-refractivity contribution in [2.45, 2.75) is 40.8 Å². The molecular weight excluding hydrogens is 708 g/mol. The smallest absolute Gasteiger partial charge is 0.341 e. The number of benzene rings is 4. The molecule has 4 aromatic carbocycles. The second-order valence-electron chi connectivity index (χ2n) is 8.12. The first-order valence-corrected chi connectivity index (χ1v) is 13.6. The zero-order chi connectivity index (χ0) is 36.4. The first kappa shape index (κ1) is 48.9. The molecule has 1 amide bonds. The number of halogens is 8. The van der Waals surface area contributed by atoms with Crippen LogP contribution in [0.5, 0.6) is 11.5 Å². The SMILES string of the molecule is CC.CC.NCc1ccccc1.O=C(NCc1ccccc1)c1c(F)c(F)c(O)c(F)c1F.O=C(O)c1c(F)c(F)c(O)c(F)c1F.S.S. The number of amides is 1. The van der Waals surface area contributed by atoms with Crippen molar-refractivity contribution in [3.63, 3.8) is 0 Å². The molecule has 4 rings (SSSR count). The van der Waals surface area contributed by atoms with Gasteiger partial charge in [-0.15, -0.1) is 0 Å². The van der Waals surface area contributed by atoms with Crippen LogP contribution in [-0.2, 0) is 13.1 Å². The maximum atomic E-state index is 13.5. The van der Waals surface area contributed by atoms with Crippen molar-refractivity contribution in [3.8, 4) is 11.5 Å². The van der Waals surface area contributed by atoms with Gasteiger partial charge in [-0.3, -0.25) is 4.79 Å². The molecule has 6 N–H and O–H groups in total. The minimum Gasteiger partial charge on any atom is -0.503 e. The average molecular weight is 745 g/mol. The summed E-state index contributed by atoms with van der Waals surface area (Å²) in [7, 11) is 0. The summed E-state index contributed by atoms with van der Waals surface area (Å²) in [4.78, 5) is 21.8.